The highest BCUT2D eigenvalue weighted by molar-refractivity contribution is 7.86. The summed E-state index contributed by atoms with van der Waals surface area (Å²) in [6, 6.07) is 6.82. The van der Waals surface area contributed by atoms with Crippen LogP contribution in [0.1, 0.15) is 84.6 Å². The molecule has 0 amide bonds. The number of aryl methyl sites for hydroxylation is 1. The van der Waals surface area contributed by atoms with Crippen LogP contribution in [0.4, 0.5) is 0 Å². The van der Waals surface area contributed by atoms with Gasteiger partial charge in [-0.15, -0.1) is 0 Å². The molecule has 36 heavy (non-hydrogen) atoms. The van der Waals surface area contributed by atoms with Gasteiger partial charge in [-0.25, -0.2) is 0 Å². The zero-order chi connectivity index (χ0) is 26.1. The highest BCUT2D eigenvalue weighted by Crippen LogP contribution is 2.68. The van der Waals surface area contributed by atoms with E-state index in [1.54, 1.807) is 24.3 Å². The van der Waals surface area contributed by atoms with Gasteiger partial charge in [0.05, 0.1) is 23.2 Å². The lowest BCUT2D eigenvalue weighted by Crippen LogP contribution is -2.60. The van der Waals surface area contributed by atoms with Crippen LogP contribution >= 0.6 is 0 Å². The van der Waals surface area contributed by atoms with Gasteiger partial charge >= 0.3 is 0 Å². The Morgan fingerprint density at radius 3 is 2.39 bits per heavy atom. The van der Waals surface area contributed by atoms with Gasteiger partial charge in [0.2, 0.25) is 0 Å². The zero-order valence-corrected chi connectivity index (χ0v) is 23.6. The maximum atomic E-state index is 12.8. The lowest BCUT2D eigenvalue weighted by molar-refractivity contribution is -0.190. The minimum absolute atomic E-state index is 0.000335. The SMILES string of the molecule is Cc1ccc(S(=O)(=O)OC[C@@H](C)[C@H]2CC[C@H]3[C@@H]4CC[C@@H]5C[C@@](C)(O)CC[C@]5(C)[C@H]4C(O)C[C@]23C)cc1. The summed E-state index contributed by atoms with van der Waals surface area (Å²) >= 11 is 0. The maximum Gasteiger partial charge on any atom is 0.296 e. The molecule has 0 heterocycles. The fourth-order valence-corrected chi connectivity index (χ4v) is 10.6. The quantitative estimate of drug-likeness (QED) is 0.487. The normalized spacial score (nSPS) is 45.4. The summed E-state index contributed by atoms with van der Waals surface area (Å²) in [6.45, 7) is 11.0. The molecule has 1 unspecified atom stereocenters. The number of benzene rings is 1. The average molecular weight is 519 g/mol. The lowest BCUT2D eigenvalue weighted by Gasteiger charge is -2.63. The molecule has 0 radical (unpaired) electrons. The topological polar surface area (TPSA) is 83.8 Å². The van der Waals surface area contributed by atoms with Gasteiger partial charge < -0.3 is 10.2 Å². The van der Waals surface area contributed by atoms with E-state index in [0.717, 1.165) is 56.9 Å². The van der Waals surface area contributed by atoms with Crippen LogP contribution in [-0.4, -0.2) is 36.9 Å². The van der Waals surface area contributed by atoms with Crippen molar-refractivity contribution in [2.75, 3.05) is 6.61 Å². The van der Waals surface area contributed by atoms with Gasteiger partial charge in [-0.2, -0.15) is 8.42 Å². The Hall–Kier alpha value is -0.950. The van der Waals surface area contributed by atoms with E-state index < -0.39 is 15.7 Å². The van der Waals surface area contributed by atoms with Gasteiger partial charge in [-0.3, -0.25) is 4.18 Å². The van der Waals surface area contributed by atoms with Gasteiger partial charge in [0.15, 0.2) is 0 Å². The Morgan fingerprint density at radius 2 is 1.69 bits per heavy atom. The van der Waals surface area contributed by atoms with Crippen molar-refractivity contribution in [1.29, 1.82) is 0 Å². The molecule has 1 aromatic carbocycles. The molecule has 5 rings (SSSR count). The Kier molecular flexibility index (Phi) is 6.71. The van der Waals surface area contributed by atoms with E-state index in [9.17, 15) is 18.6 Å². The smallest absolute Gasteiger partial charge is 0.296 e. The summed E-state index contributed by atoms with van der Waals surface area (Å²) in [6.07, 6.45) is 7.64. The molecule has 10 atom stereocenters. The van der Waals surface area contributed by atoms with Crippen molar-refractivity contribution >= 4 is 10.1 Å². The Morgan fingerprint density at radius 1 is 1.00 bits per heavy atom. The molecular formula is C30H46O5S. The van der Waals surface area contributed by atoms with Crippen LogP contribution in [0.15, 0.2) is 29.2 Å². The van der Waals surface area contributed by atoms with Crippen LogP contribution in [-0.2, 0) is 14.3 Å². The second-order valence-corrected chi connectivity index (χ2v) is 15.4. The second kappa shape index (κ2) is 9.07. The van der Waals surface area contributed by atoms with E-state index in [1.807, 2.05) is 13.8 Å². The van der Waals surface area contributed by atoms with E-state index in [2.05, 4.69) is 20.8 Å². The van der Waals surface area contributed by atoms with Crippen molar-refractivity contribution in [2.24, 2.45) is 46.3 Å². The van der Waals surface area contributed by atoms with E-state index in [0.29, 0.717) is 29.6 Å². The predicted octanol–water partition coefficient (Wildman–Crippen LogP) is 5.72. The third-order valence-corrected chi connectivity index (χ3v) is 12.7. The van der Waals surface area contributed by atoms with Gasteiger partial charge in [-0.05, 0) is 124 Å². The molecule has 202 valence electrons. The monoisotopic (exact) mass is 518 g/mol. The molecule has 0 bridgehead atoms. The third-order valence-electron chi connectivity index (χ3n) is 11.4. The van der Waals surface area contributed by atoms with Crippen molar-refractivity contribution in [1.82, 2.24) is 0 Å². The Balaban J connectivity index is 1.31. The summed E-state index contributed by atoms with van der Waals surface area (Å²) < 4.78 is 31.2. The van der Waals surface area contributed by atoms with E-state index >= 15 is 0 Å². The van der Waals surface area contributed by atoms with E-state index in [1.165, 1.54) is 0 Å². The molecular weight excluding hydrogens is 472 g/mol. The highest BCUT2D eigenvalue weighted by Gasteiger charge is 2.64. The van der Waals surface area contributed by atoms with Crippen LogP contribution in [0.25, 0.3) is 0 Å². The number of rotatable bonds is 5. The number of fused-ring (bicyclic) bond motifs is 5. The van der Waals surface area contributed by atoms with Crippen molar-refractivity contribution in [2.45, 2.75) is 103 Å². The molecule has 5 nitrogen and oxygen atoms in total. The average Bonchev–Trinajstić information content (AvgIpc) is 3.14. The molecule has 0 saturated heterocycles. The lowest BCUT2D eigenvalue weighted by atomic mass is 9.43. The fraction of sp³-hybridized carbons (Fsp3) is 0.800. The molecule has 6 heteroatoms. The minimum Gasteiger partial charge on any atom is -0.393 e. The van der Waals surface area contributed by atoms with Crippen LogP contribution in [0.3, 0.4) is 0 Å². The van der Waals surface area contributed by atoms with E-state index in [4.69, 9.17) is 4.18 Å². The summed E-state index contributed by atoms with van der Waals surface area (Å²) in [5, 5.41) is 22.4. The molecule has 4 saturated carbocycles. The van der Waals surface area contributed by atoms with Gasteiger partial charge in [-0.1, -0.05) is 38.5 Å². The molecule has 0 aliphatic heterocycles. The molecule has 0 aromatic heterocycles. The van der Waals surface area contributed by atoms with Crippen LogP contribution in [0.5, 0.6) is 0 Å². The van der Waals surface area contributed by atoms with Crippen LogP contribution in [0.2, 0.25) is 0 Å². The predicted molar refractivity (Wildman–Crippen MR) is 141 cm³/mol. The van der Waals surface area contributed by atoms with Crippen molar-refractivity contribution in [3.8, 4) is 0 Å². The summed E-state index contributed by atoms with van der Waals surface area (Å²) in [4.78, 5) is 0.211. The summed E-state index contributed by atoms with van der Waals surface area (Å²) in [7, 11) is -3.78. The van der Waals surface area contributed by atoms with Crippen molar-refractivity contribution in [3.63, 3.8) is 0 Å². The van der Waals surface area contributed by atoms with Gasteiger partial charge in [0, 0.05) is 0 Å². The standard InChI is InChI=1S/C30H46O5S/c1-19-6-9-22(10-7-19)36(33,34)35-18-20(2)24-12-13-25-23-11-8-21-16-28(3,32)14-15-29(21,4)27(23)26(31)17-30(24,25)5/h6-7,9-10,20-21,23-27,31-32H,8,11-18H2,1-5H3/t20-,21-,23+,24-,25+,26?,27-,28+,29+,30-/m1/s1. The van der Waals surface area contributed by atoms with Crippen molar-refractivity contribution < 1.29 is 22.8 Å². The van der Waals surface area contributed by atoms with Gasteiger partial charge in [0.25, 0.3) is 10.1 Å². The fourth-order valence-electron chi connectivity index (χ4n) is 9.62. The first-order valence-corrected chi connectivity index (χ1v) is 15.5. The Bertz CT molecular complexity index is 1070. The molecule has 1 aromatic rings. The minimum atomic E-state index is -3.78. The van der Waals surface area contributed by atoms with Crippen molar-refractivity contribution in [3.05, 3.63) is 29.8 Å². The molecule has 4 aliphatic carbocycles. The molecule has 4 aliphatic rings. The first-order valence-electron chi connectivity index (χ1n) is 14.1. The van der Waals surface area contributed by atoms with Crippen LogP contribution in [0, 0.1) is 53.3 Å². The number of aliphatic hydroxyl groups is 2. The molecule has 0 spiro atoms. The maximum absolute atomic E-state index is 12.8. The first kappa shape index (κ1) is 26.6. The van der Waals surface area contributed by atoms with E-state index in [-0.39, 0.29) is 34.4 Å². The number of hydrogen-bond donors (Lipinski definition) is 2. The largest absolute Gasteiger partial charge is 0.393 e. The highest BCUT2D eigenvalue weighted by atomic mass is 32.2. The van der Waals surface area contributed by atoms with Gasteiger partial charge in [0.1, 0.15) is 0 Å². The second-order valence-electron chi connectivity index (χ2n) is 13.8. The summed E-state index contributed by atoms with van der Waals surface area (Å²) in [5.74, 6) is 2.30. The Labute approximate surface area is 218 Å². The first-order chi connectivity index (χ1) is 16.8. The molecule has 2 N–H and O–H groups in total. The molecule has 4 fully saturated rings. The summed E-state index contributed by atoms with van der Waals surface area (Å²) in [5.41, 5.74) is 0.543. The number of hydrogen-bond acceptors (Lipinski definition) is 5. The zero-order valence-electron chi connectivity index (χ0n) is 22.7. The number of aliphatic hydroxyl groups excluding tert-OH is 1. The third kappa shape index (κ3) is 4.38. The van der Waals surface area contributed by atoms with Crippen LogP contribution < -0.4 is 0 Å².